The van der Waals surface area contributed by atoms with Gasteiger partial charge in [-0.05, 0) is 19.1 Å². The molecular formula is C18H21F2N5O. The molecule has 0 unspecified atom stereocenters. The summed E-state index contributed by atoms with van der Waals surface area (Å²) in [6.45, 7) is 4.33. The highest BCUT2D eigenvalue weighted by Crippen LogP contribution is 2.17. The largest absolute Gasteiger partial charge is 0.338 e. The number of nitrogens with one attached hydrogen (secondary N) is 1. The SMILES string of the molecule is C[C@@H](NCC(=O)N1CCN(c2ncccn2)CC1)c1ccc(F)cc1F. The molecule has 6 nitrogen and oxygen atoms in total. The lowest BCUT2D eigenvalue weighted by molar-refractivity contribution is -0.130. The van der Waals surface area contributed by atoms with Crippen LogP contribution in [-0.2, 0) is 4.79 Å². The van der Waals surface area contributed by atoms with Crippen LogP contribution in [0, 0.1) is 11.6 Å². The van der Waals surface area contributed by atoms with Gasteiger partial charge in [-0.15, -0.1) is 0 Å². The molecule has 1 aliphatic rings. The summed E-state index contributed by atoms with van der Waals surface area (Å²) in [6, 6.07) is 4.83. The Balaban J connectivity index is 1.48. The average molecular weight is 361 g/mol. The van der Waals surface area contributed by atoms with Crippen molar-refractivity contribution < 1.29 is 13.6 Å². The van der Waals surface area contributed by atoms with Crippen LogP contribution in [0.5, 0.6) is 0 Å². The van der Waals surface area contributed by atoms with Crippen LogP contribution in [0.1, 0.15) is 18.5 Å². The second kappa shape index (κ2) is 8.18. The molecule has 26 heavy (non-hydrogen) atoms. The smallest absolute Gasteiger partial charge is 0.236 e. The Morgan fingerprint density at radius 3 is 2.54 bits per heavy atom. The Kier molecular flexibility index (Phi) is 5.72. The second-order valence-electron chi connectivity index (χ2n) is 6.19. The number of amides is 1. The molecule has 0 spiro atoms. The maximum Gasteiger partial charge on any atom is 0.236 e. The molecule has 8 heteroatoms. The summed E-state index contributed by atoms with van der Waals surface area (Å²) in [5.41, 5.74) is 0.338. The number of benzene rings is 1. The van der Waals surface area contributed by atoms with Gasteiger partial charge < -0.3 is 15.1 Å². The van der Waals surface area contributed by atoms with E-state index in [1.807, 2.05) is 4.90 Å². The van der Waals surface area contributed by atoms with E-state index in [-0.39, 0.29) is 12.5 Å². The second-order valence-corrected chi connectivity index (χ2v) is 6.19. The third-order valence-electron chi connectivity index (χ3n) is 4.46. The predicted octanol–water partition coefficient (Wildman–Crippen LogP) is 1.75. The molecule has 0 aliphatic carbocycles. The number of hydrogen-bond donors (Lipinski definition) is 1. The number of hydrogen-bond acceptors (Lipinski definition) is 5. The van der Waals surface area contributed by atoms with Crippen molar-refractivity contribution in [3.8, 4) is 0 Å². The fourth-order valence-corrected chi connectivity index (χ4v) is 2.93. The Morgan fingerprint density at radius 2 is 1.88 bits per heavy atom. The molecule has 1 atom stereocenters. The molecule has 1 amide bonds. The summed E-state index contributed by atoms with van der Waals surface area (Å²) in [7, 11) is 0. The molecule has 2 heterocycles. The van der Waals surface area contributed by atoms with E-state index in [9.17, 15) is 13.6 Å². The molecule has 0 radical (unpaired) electrons. The maximum absolute atomic E-state index is 13.8. The average Bonchev–Trinajstić information content (AvgIpc) is 2.66. The van der Waals surface area contributed by atoms with Crippen molar-refractivity contribution >= 4 is 11.9 Å². The van der Waals surface area contributed by atoms with Gasteiger partial charge in [-0.25, -0.2) is 18.7 Å². The molecule has 0 bridgehead atoms. The van der Waals surface area contributed by atoms with Crippen molar-refractivity contribution in [3.63, 3.8) is 0 Å². The van der Waals surface area contributed by atoms with Gasteiger partial charge in [0, 0.05) is 56.2 Å². The van der Waals surface area contributed by atoms with Gasteiger partial charge >= 0.3 is 0 Å². The monoisotopic (exact) mass is 361 g/mol. The summed E-state index contributed by atoms with van der Waals surface area (Å²) in [6.07, 6.45) is 3.39. The third kappa shape index (κ3) is 4.32. The van der Waals surface area contributed by atoms with E-state index in [4.69, 9.17) is 0 Å². The quantitative estimate of drug-likeness (QED) is 0.879. The van der Waals surface area contributed by atoms with Gasteiger partial charge in [-0.3, -0.25) is 4.79 Å². The van der Waals surface area contributed by atoms with E-state index in [0.29, 0.717) is 37.7 Å². The normalized spacial score (nSPS) is 15.8. The summed E-state index contributed by atoms with van der Waals surface area (Å²) in [4.78, 5) is 24.6. The van der Waals surface area contributed by atoms with E-state index >= 15 is 0 Å². The van der Waals surface area contributed by atoms with Crippen LogP contribution < -0.4 is 10.2 Å². The first-order valence-corrected chi connectivity index (χ1v) is 8.52. The van der Waals surface area contributed by atoms with Crippen LogP contribution in [0.25, 0.3) is 0 Å². The lowest BCUT2D eigenvalue weighted by Crippen LogP contribution is -2.51. The lowest BCUT2D eigenvalue weighted by atomic mass is 10.1. The molecule has 1 N–H and O–H groups in total. The van der Waals surface area contributed by atoms with Crippen molar-refractivity contribution in [3.05, 3.63) is 53.9 Å². The van der Waals surface area contributed by atoms with E-state index < -0.39 is 17.7 Å². The van der Waals surface area contributed by atoms with Crippen LogP contribution in [0.15, 0.2) is 36.7 Å². The van der Waals surface area contributed by atoms with Gasteiger partial charge in [-0.2, -0.15) is 0 Å². The van der Waals surface area contributed by atoms with Crippen LogP contribution in [0.4, 0.5) is 14.7 Å². The first-order chi connectivity index (χ1) is 12.5. The molecule has 138 valence electrons. The first kappa shape index (κ1) is 18.2. The Morgan fingerprint density at radius 1 is 1.19 bits per heavy atom. The zero-order valence-corrected chi connectivity index (χ0v) is 14.5. The number of halogens is 2. The Labute approximate surface area is 150 Å². The lowest BCUT2D eigenvalue weighted by Gasteiger charge is -2.35. The van der Waals surface area contributed by atoms with Crippen LogP contribution in [-0.4, -0.2) is 53.5 Å². The van der Waals surface area contributed by atoms with E-state index in [1.165, 1.54) is 12.1 Å². The number of carbonyl (C=O) groups excluding carboxylic acids is 1. The number of rotatable bonds is 5. The van der Waals surface area contributed by atoms with Gasteiger partial charge in [0.1, 0.15) is 11.6 Å². The molecule has 0 saturated carbocycles. The molecule has 1 aliphatic heterocycles. The predicted molar refractivity (Wildman–Crippen MR) is 93.6 cm³/mol. The third-order valence-corrected chi connectivity index (χ3v) is 4.46. The number of nitrogens with zero attached hydrogens (tertiary/aromatic N) is 4. The van der Waals surface area contributed by atoms with Crippen molar-refractivity contribution in [2.24, 2.45) is 0 Å². The highest BCUT2D eigenvalue weighted by atomic mass is 19.1. The number of piperazine rings is 1. The van der Waals surface area contributed by atoms with Crippen molar-refractivity contribution in [1.29, 1.82) is 0 Å². The fraction of sp³-hybridized carbons (Fsp3) is 0.389. The van der Waals surface area contributed by atoms with Crippen molar-refractivity contribution in [1.82, 2.24) is 20.2 Å². The van der Waals surface area contributed by atoms with Crippen molar-refractivity contribution in [2.45, 2.75) is 13.0 Å². The molecule has 1 aromatic heterocycles. The first-order valence-electron chi connectivity index (χ1n) is 8.52. The van der Waals surface area contributed by atoms with Gasteiger partial charge in [-0.1, -0.05) is 6.07 Å². The minimum atomic E-state index is -0.617. The van der Waals surface area contributed by atoms with Crippen LogP contribution >= 0.6 is 0 Å². The minimum absolute atomic E-state index is 0.0481. The maximum atomic E-state index is 13.8. The van der Waals surface area contributed by atoms with E-state index in [1.54, 1.807) is 30.3 Å². The van der Waals surface area contributed by atoms with Crippen LogP contribution in [0.2, 0.25) is 0 Å². The standard InChI is InChI=1S/C18H21F2N5O/c1-13(15-4-3-14(19)11-16(15)20)23-12-17(26)24-7-9-25(10-8-24)18-21-5-2-6-22-18/h2-6,11,13,23H,7-10,12H2,1H3/t13-/m1/s1. The summed E-state index contributed by atoms with van der Waals surface area (Å²) in [5, 5.41) is 3.01. The molecule has 3 rings (SSSR count). The Hall–Kier alpha value is -2.61. The van der Waals surface area contributed by atoms with E-state index in [2.05, 4.69) is 15.3 Å². The fourth-order valence-electron chi connectivity index (χ4n) is 2.93. The van der Waals surface area contributed by atoms with Gasteiger partial charge in [0.15, 0.2) is 0 Å². The molecule has 1 saturated heterocycles. The van der Waals surface area contributed by atoms with E-state index in [0.717, 1.165) is 6.07 Å². The van der Waals surface area contributed by atoms with Gasteiger partial charge in [0.05, 0.1) is 6.54 Å². The highest BCUT2D eigenvalue weighted by molar-refractivity contribution is 5.78. The minimum Gasteiger partial charge on any atom is -0.338 e. The summed E-state index contributed by atoms with van der Waals surface area (Å²) in [5.74, 6) is -0.616. The summed E-state index contributed by atoms with van der Waals surface area (Å²) < 4.78 is 26.8. The molecule has 1 fully saturated rings. The summed E-state index contributed by atoms with van der Waals surface area (Å²) >= 11 is 0. The van der Waals surface area contributed by atoms with Crippen LogP contribution in [0.3, 0.4) is 0 Å². The topological polar surface area (TPSA) is 61.4 Å². The van der Waals surface area contributed by atoms with Crippen molar-refractivity contribution in [2.75, 3.05) is 37.6 Å². The zero-order chi connectivity index (χ0) is 18.5. The Bertz CT molecular complexity index is 751. The molecule has 1 aromatic carbocycles. The number of carbonyl (C=O) groups is 1. The van der Waals surface area contributed by atoms with Gasteiger partial charge in [0.2, 0.25) is 11.9 Å². The highest BCUT2D eigenvalue weighted by Gasteiger charge is 2.23. The van der Waals surface area contributed by atoms with Gasteiger partial charge in [0.25, 0.3) is 0 Å². The number of aromatic nitrogens is 2. The molecule has 2 aromatic rings. The zero-order valence-electron chi connectivity index (χ0n) is 14.5. The molecular weight excluding hydrogens is 340 g/mol. The number of anilines is 1.